The van der Waals surface area contributed by atoms with E-state index in [-0.39, 0.29) is 0 Å². The van der Waals surface area contributed by atoms with Gasteiger partial charge in [-0.1, -0.05) is 4.49 Å². The van der Waals surface area contributed by atoms with Crippen LogP contribution in [-0.4, -0.2) is 47.3 Å². The minimum absolute atomic E-state index is 0.373. The monoisotopic (exact) mass is 256 g/mol. The Morgan fingerprint density at radius 2 is 2.47 bits per heavy atom. The highest BCUT2D eigenvalue weighted by Crippen LogP contribution is 2.21. The van der Waals surface area contributed by atoms with Gasteiger partial charge in [-0.15, -0.1) is 5.10 Å². The lowest BCUT2D eigenvalue weighted by atomic mass is 10.1. The molecule has 2 heterocycles. The number of nitrogens with one attached hydrogen (secondary N) is 1. The zero-order valence-electron chi connectivity index (χ0n) is 10.5. The zero-order valence-corrected chi connectivity index (χ0v) is 11.3. The molecule has 6 heteroatoms. The Labute approximate surface area is 106 Å². The molecular formula is C11H20N4OS. The Bertz CT molecular complexity index is 344. The van der Waals surface area contributed by atoms with Crippen molar-refractivity contribution in [3.8, 4) is 0 Å². The van der Waals surface area contributed by atoms with Crippen molar-refractivity contribution in [1.29, 1.82) is 0 Å². The van der Waals surface area contributed by atoms with Gasteiger partial charge in [0.15, 0.2) is 0 Å². The van der Waals surface area contributed by atoms with Gasteiger partial charge in [-0.25, -0.2) is 0 Å². The van der Waals surface area contributed by atoms with Gasteiger partial charge < -0.3 is 10.1 Å². The average Bonchev–Trinajstić information content (AvgIpc) is 2.78. The molecule has 1 unspecified atom stereocenters. The molecule has 1 atom stereocenters. The largest absolute Gasteiger partial charge is 0.380 e. The minimum atomic E-state index is 0.373. The molecule has 1 aliphatic rings. The van der Waals surface area contributed by atoms with Gasteiger partial charge in [0.2, 0.25) is 0 Å². The van der Waals surface area contributed by atoms with Crippen LogP contribution in [-0.2, 0) is 11.3 Å². The fourth-order valence-corrected chi connectivity index (χ4v) is 2.81. The Morgan fingerprint density at radius 1 is 1.59 bits per heavy atom. The average molecular weight is 256 g/mol. The normalized spacial score (nSPS) is 21.6. The van der Waals surface area contributed by atoms with E-state index >= 15 is 0 Å². The number of methoxy groups -OCH3 is 1. The fourth-order valence-electron chi connectivity index (χ4n) is 2.17. The second kappa shape index (κ2) is 6.28. The number of nitrogens with zero attached hydrogens (tertiary/aromatic N) is 3. The maximum atomic E-state index is 5.43. The molecule has 0 spiro atoms. The van der Waals surface area contributed by atoms with Crippen LogP contribution >= 0.6 is 11.5 Å². The van der Waals surface area contributed by atoms with E-state index in [4.69, 9.17) is 4.74 Å². The summed E-state index contributed by atoms with van der Waals surface area (Å²) in [4.78, 5) is 2.40. The third kappa shape index (κ3) is 3.37. The summed E-state index contributed by atoms with van der Waals surface area (Å²) in [5.74, 6) is 0. The summed E-state index contributed by atoms with van der Waals surface area (Å²) >= 11 is 1.44. The standard InChI is InChI=1S/C11H20N4OS/c1-3-12-11-10(13-14-17-11)8-15-6-4-5-9(7-15)16-2/h9,12H,3-8H2,1-2H3. The van der Waals surface area contributed by atoms with Gasteiger partial charge in [-0.05, 0) is 26.3 Å². The van der Waals surface area contributed by atoms with Crippen molar-refractivity contribution in [2.24, 2.45) is 0 Å². The predicted molar refractivity (Wildman–Crippen MR) is 69.4 cm³/mol. The van der Waals surface area contributed by atoms with E-state index in [2.05, 4.69) is 26.7 Å². The highest BCUT2D eigenvalue weighted by molar-refractivity contribution is 7.10. The quantitative estimate of drug-likeness (QED) is 0.867. The molecule has 1 aromatic rings. The highest BCUT2D eigenvalue weighted by Gasteiger charge is 2.21. The summed E-state index contributed by atoms with van der Waals surface area (Å²) in [6, 6.07) is 0. The van der Waals surface area contributed by atoms with Gasteiger partial charge in [0.05, 0.1) is 6.10 Å². The maximum absolute atomic E-state index is 5.43. The molecule has 0 bridgehead atoms. The first-order chi connectivity index (χ1) is 8.33. The first-order valence-electron chi connectivity index (χ1n) is 6.13. The SMILES string of the molecule is CCNc1snnc1CN1CCCC(OC)C1. The van der Waals surface area contributed by atoms with Crippen molar-refractivity contribution in [2.75, 3.05) is 32.1 Å². The van der Waals surface area contributed by atoms with Gasteiger partial charge in [0, 0.05) is 38.3 Å². The summed E-state index contributed by atoms with van der Waals surface area (Å²) < 4.78 is 9.44. The molecule has 0 aromatic carbocycles. The first kappa shape index (κ1) is 12.7. The molecule has 1 aliphatic heterocycles. The van der Waals surface area contributed by atoms with Gasteiger partial charge in [0.25, 0.3) is 0 Å². The number of hydrogen-bond acceptors (Lipinski definition) is 6. The Morgan fingerprint density at radius 3 is 3.24 bits per heavy atom. The summed E-state index contributed by atoms with van der Waals surface area (Å²) in [5.41, 5.74) is 1.06. The van der Waals surface area contributed by atoms with Gasteiger partial charge in [-0.2, -0.15) is 0 Å². The molecule has 96 valence electrons. The number of aromatic nitrogens is 2. The van der Waals surface area contributed by atoms with Crippen molar-refractivity contribution >= 4 is 16.5 Å². The Balaban J connectivity index is 1.93. The minimum Gasteiger partial charge on any atom is -0.380 e. The zero-order chi connectivity index (χ0) is 12.1. The lowest BCUT2D eigenvalue weighted by Crippen LogP contribution is -2.38. The second-order valence-electron chi connectivity index (χ2n) is 4.31. The van der Waals surface area contributed by atoms with Crippen LogP contribution < -0.4 is 5.32 Å². The smallest absolute Gasteiger partial charge is 0.134 e. The van der Waals surface area contributed by atoms with Crippen LogP contribution in [0.2, 0.25) is 0 Å². The van der Waals surface area contributed by atoms with Crippen LogP contribution in [0.1, 0.15) is 25.5 Å². The Kier molecular flexibility index (Phi) is 4.70. The lowest BCUT2D eigenvalue weighted by molar-refractivity contribution is 0.0282. The molecule has 0 amide bonds. The van der Waals surface area contributed by atoms with Gasteiger partial charge >= 0.3 is 0 Å². The van der Waals surface area contributed by atoms with Crippen molar-refractivity contribution in [1.82, 2.24) is 14.5 Å². The van der Waals surface area contributed by atoms with E-state index in [0.717, 1.165) is 36.9 Å². The van der Waals surface area contributed by atoms with Crippen molar-refractivity contribution in [2.45, 2.75) is 32.4 Å². The van der Waals surface area contributed by atoms with E-state index in [1.54, 1.807) is 7.11 Å². The van der Waals surface area contributed by atoms with E-state index in [9.17, 15) is 0 Å². The molecule has 2 rings (SSSR count). The van der Waals surface area contributed by atoms with Gasteiger partial charge in [-0.3, -0.25) is 4.90 Å². The molecular weight excluding hydrogens is 236 g/mol. The van der Waals surface area contributed by atoms with E-state index in [0.29, 0.717) is 6.10 Å². The molecule has 1 N–H and O–H groups in total. The van der Waals surface area contributed by atoms with Crippen molar-refractivity contribution in [3.63, 3.8) is 0 Å². The number of hydrogen-bond donors (Lipinski definition) is 1. The number of likely N-dealkylation sites (tertiary alicyclic amines) is 1. The lowest BCUT2D eigenvalue weighted by Gasteiger charge is -2.31. The van der Waals surface area contributed by atoms with Gasteiger partial charge in [0.1, 0.15) is 10.7 Å². The molecule has 1 aromatic heterocycles. The highest BCUT2D eigenvalue weighted by atomic mass is 32.1. The van der Waals surface area contributed by atoms with Crippen LogP contribution in [0.5, 0.6) is 0 Å². The van der Waals surface area contributed by atoms with Crippen LogP contribution in [0, 0.1) is 0 Å². The summed E-state index contributed by atoms with van der Waals surface area (Å²) in [5, 5.41) is 8.61. The van der Waals surface area contributed by atoms with Crippen LogP contribution in [0.25, 0.3) is 0 Å². The number of piperidine rings is 1. The van der Waals surface area contributed by atoms with Crippen molar-refractivity contribution < 1.29 is 4.74 Å². The molecule has 5 nitrogen and oxygen atoms in total. The van der Waals surface area contributed by atoms with Crippen LogP contribution in [0.3, 0.4) is 0 Å². The maximum Gasteiger partial charge on any atom is 0.134 e. The molecule has 17 heavy (non-hydrogen) atoms. The first-order valence-corrected chi connectivity index (χ1v) is 6.91. The number of ether oxygens (including phenoxy) is 1. The summed E-state index contributed by atoms with van der Waals surface area (Å²) in [6.07, 6.45) is 2.74. The summed E-state index contributed by atoms with van der Waals surface area (Å²) in [7, 11) is 1.79. The third-order valence-corrected chi connectivity index (χ3v) is 3.79. The fraction of sp³-hybridized carbons (Fsp3) is 0.818. The Hall–Kier alpha value is -0.720. The number of rotatable bonds is 5. The summed E-state index contributed by atoms with van der Waals surface area (Å²) in [6.45, 7) is 6.00. The molecule has 0 saturated carbocycles. The van der Waals surface area contributed by atoms with Crippen LogP contribution in [0.4, 0.5) is 5.00 Å². The van der Waals surface area contributed by atoms with E-state index in [1.165, 1.54) is 24.4 Å². The molecule has 0 radical (unpaired) electrons. The molecule has 1 fully saturated rings. The van der Waals surface area contributed by atoms with E-state index in [1.807, 2.05) is 0 Å². The van der Waals surface area contributed by atoms with Crippen LogP contribution in [0.15, 0.2) is 0 Å². The van der Waals surface area contributed by atoms with Crippen molar-refractivity contribution in [3.05, 3.63) is 5.69 Å². The second-order valence-corrected chi connectivity index (χ2v) is 5.07. The number of anilines is 1. The third-order valence-electron chi connectivity index (χ3n) is 3.06. The molecule has 0 aliphatic carbocycles. The van der Waals surface area contributed by atoms with E-state index < -0.39 is 0 Å². The predicted octanol–water partition coefficient (Wildman–Crippen LogP) is 1.58. The molecule has 1 saturated heterocycles. The topological polar surface area (TPSA) is 50.3 Å².